The standard InChI is InChI=1S/C14H13F2NS/c1-18-13-5-3-2-4-10(13)14(17)11-8-9(15)6-7-12(11)16/h2-8,14H,17H2,1H3. The summed E-state index contributed by atoms with van der Waals surface area (Å²) in [6.45, 7) is 0. The summed E-state index contributed by atoms with van der Waals surface area (Å²) in [5.41, 5.74) is 7.02. The fraction of sp³-hybridized carbons (Fsp3) is 0.143. The molecule has 0 spiro atoms. The average Bonchev–Trinajstić information content (AvgIpc) is 2.40. The molecule has 0 aromatic heterocycles. The van der Waals surface area contributed by atoms with Crippen LogP contribution in [0.25, 0.3) is 0 Å². The Balaban J connectivity index is 2.47. The molecule has 2 rings (SSSR count). The summed E-state index contributed by atoms with van der Waals surface area (Å²) >= 11 is 1.53. The summed E-state index contributed by atoms with van der Waals surface area (Å²) in [4.78, 5) is 0.966. The van der Waals surface area contributed by atoms with Gasteiger partial charge >= 0.3 is 0 Å². The lowest BCUT2D eigenvalue weighted by Crippen LogP contribution is -2.14. The van der Waals surface area contributed by atoms with Crippen LogP contribution in [0.15, 0.2) is 47.4 Å². The van der Waals surface area contributed by atoms with Crippen molar-refractivity contribution < 1.29 is 8.78 Å². The van der Waals surface area contributed by atoms with Crippen LogP contribution < -0.4 is 5.73 Å². The van der Waals surface area contributed by atoms with Gasteiger partial charge in [-0.05, 0) is 36.1 Å². The number of rotatable bonds is 3. The molecule has 0 saturated heterocycles. The van der Waals surface area contributed by atoms with Crippen LogP contribution in [0.3, 0.4) is 0 Å². The molecule has 94 valence electrons. The zero-order valence-corrected chi connectivity index (χ0v) is 10.7. The molecule has 2 aromatic carbocycles. The van der Waals surface area contributed by atoms with E-state index in [0.29, 0.717) is 0 Å². The second-order valence-corrected chi connectivity index (χ2v) is 4.73. The average molecular weight is 265 g/mol. The fourth-order valence-electron chi connectivity index (χ4n) is 1.84. The minimum atomic E-state index is -0.663. The molecule has 0 aliphatic heterocycles. The summed E-state index contributed by atoms with van der Waals surface area (Å²) in [6, 6.07) is 10.2. The van der Waals surface area contributed by atoms with Crippen molar-refractivity contribution in [2.45, 2.75) is 10.9 Å². The summed E-state index contributed by atoms with van der Waals surface area (Å²) in [5.74, 6) is -0.969. The van der Waals surface area contributed by atoms with Crippen molar-refractivity contribution in [1.82, 2.24) is 0 Å². The van der Waals surface area contributed by atoms with Gasteiger partial charge in [-0.1, -0.05) is 18.2 Å². The molecule has 4 heteroatoms. The highest BCUT2D eigenvalue weighted by molar-refractivity contribution is 7.98. The highest BCUT2D eigenvalue weighted by Crippen LogP contribution is 2.29. The molecular weight excluding hydrogens is 252 g/mol. The Bertz CT molecular complexity index is 557. The van der Waals surface area contributed by atoms with Gasteiger partial charge < -0.3 is 5.73 Å². The van der Waals surface area contributed by atoms with Gasteiger partial charge in [-0.2, -0.15) is 0 Å². The molecule has 0 saturated carbocycles. The van der Waals surface area contributed by atoms with E-state index in [1.807, 2.05) is 30.5 Å². The topological polar surface area (TPSA) is 26.0 Å². The van der Waals surface area contributed by atoms with E-state index in [1.165, 1.54) is 11.8 Å². The van der Waals surface area contributed by atoms with Crippen LogP contribution in [0, 0.1) is 11.6 Å². The van der Waals surface area contributed by atoms with Crippen LogP contribution in [0.4, 0.5) is 8.78 Å². The largest absolute Gasteiger partial charge is 0.320 e. The Labute approximate surface area is 109 Å². The van der Waals surface area contributed by atoms with Gasteiger partial charge in [-0.3, -0.25) is 0 Å². The summed E-state index contributed by atoms with van der Waals surface area (Å²) in [6.07, 6.45) is 1.92. The molecule has 18 heavy (non-hydrogen) atoms. The highest BCUT2D eigenvalue weighted by atomic mass is 32.2. The number of hydrogen-bond acceptors (Lipinski definition) is 2. The first-order chi connectivity index (χ1) is 8.63. The van der Waals surface area contributed by atoms with E-state index in [0.717, 1.165) is 28.7 Å². The van der Waals surface area contributed by atoms with Crippen molar-refractivity contribution in [2.75, 3.05) is 6.26 Å². The van der Waals surface area contributed by atoms with Gasteiger partial charge in [0.1, 0.15) is 11.6 Å². The third-order valence-corrected chi connectivity index (χ3v) is 3.58. The molecule has 0 aliphatic carbocycles. The van der Waals surface area contributed by atoms with E-state index >= 15 is 0 Å². The molecule has 1 unspecified atom stereocenters. The third-order valence-electron chi connectivity index (χ3n) is 2.77. The van der Waals surface area contributed by atoms with E-state index < -0.39 is 17.7 Å². The summed E-state index contributed by atoms with van der Waals surface area (Å²) in [5, 5.41) is 0. The van der Waals surface area contributed by atoms with E-state index in [-0.39, 0.29) is 5.56 Å². The Hall–Kier alpha value is -1.39. The number of thioether (sulfide) groups is 1. The first-order valence-electron chi connectivity index (χ1n) is 5.47. The summed E-state index contributed by atoms with van der Waals surface area (Å²) in [7, 11) is 0. The van der Waals surface area contributed by atoms with E-state index in [2.05, 4.69) is 0 Å². The number of nitrogens with two attached hydrogens (primary N) is 1. The Morgan fingerprint density at radius 2 is 1.78 bits per heavy atom. The van der Waals surface area contributed by atoms with Crippen molar-refractivity contribution in [2.24, 2.45) is 5.73 Å². The monoisotopic (exact) mass is 265 g/mol. The smallest absolute Gasteiger partial charge is 0.128 e. The van der Waals surface area contributed by atoms with Gasteiger partial charge in [-0.25, -0.2) is 8.78 Å². The van der Waals surface area contributed by atoms with Crippen molar-refractivity contribution in [3.05, 3.63) is 65.2 Å². The number of halogens is 2. The lowest BCUT2D eigenvalue weighted by atomic mass is 9.99. The quantitative estimate of drug-likeness (QED) is 0.856. The van der Waals surface area contributed by atoms with Crippen LogP contribution in [-0.2, 0) is 0 Å². The van der Waals surface area contributed by atoms with Gasteiger partial charge in [0, 0.05) is 10.5 Å². The lowest BCUT2D eigenvalue weighted by molar-refractivity contribution is 0.575. The van der Waals surface area contributed by atoms with Gasteiger partial charge in [-0.15, -0.1) is 11.8 Å². The zero-order chi connectivity index (χ0) is 13.1. The van der Waals surface area contributed by atoms with Gasteiger partial charge in [0.2, 0.25) is 0 Å². The molecule has 0 bridgehead atoms. The molecule has 0 fully saturated rings. The molecule has 1 nitrogen and oxygen atoms in total. The highest BCUT2D eigenvalue weighted by Gasteiger charge is 2.16. The zero-order valence-electron chi connectivity index (χ0n) is 9.86. The van der Waals surface area contributed by atoms with Crippen LogP contribution in [0.2, 0.25) is 0 Å². The minimum Gasteiger partial charge on any atom is -0.320 e. The third kappa shape index (κ3) is 2.54. The number of benzene rings is 2. The molecule has 0 aliphatic rings. The molecule has 0 radical (unpaired) electrons. The maximum absolute atomic E-state index is 13.7. The predicted octanol–water partition coefficient (Wildman–Crippen LogP) is 3.73. The molecule has 2 N–H and O–H groups in total. The van der Waals surface area contributed by atoms with Gasteiger partial charge in [0.15, 0.2) is 0 Å². The summed E-state index contributed by atoms with van der Waals surface area (Å²) < 4.78 is 26.9. The normalized spacial score (nSPS) is 12.4. The minimum absolute atomic E-state index is 0.177. The Morgan fingerprint density at radius 3 is 2.50 bits per heavy atom. The van der Waals surface area contributed by atoms with E-state index in [1.54, 1.807) is 0 Å². The SMILES string of the molecule is CSc1ccccc1C(N)c1cc(F)ccc1F. The van der Waals surface area contributed by atoms with Crippen molar-refractivity contribution in [3.8, 4) is 0 Å². The van der Waals surface area contributed by atoms with Crippen LogP contribution >= 0.6 is 11.8 Å². The Kier molecular flexibility index (Phi) is 3.99. The molecule has 0 amide bonds. The van der Waals surface area contributed by atoms with E-state index in [9.17, 15) is 8.78 Å². The number of hydrogen-bond donors (Lipinski definition) is 1. The van der Waals surface area contributed by atoms with Crippen LogP contribution in [-0.4, -0.2) is 6.26 Å². The van der Waals surface area contributed by atoms with Crippen molar-refractivity contribution in [3.63, 3.8) is 0 Å². The first kappa shape index (κ1) is 13.1. The maximum Gasteiger partial charge on any atom is 0.128 e. The Morgan fingerprint density at radius 1 is 1.06 bits per heavy atom. The second-order valence-electron chi connectivity index (χ2n) is 3.89. The van der Waals surface area contributed by atoms with Crippen LogP contribution in [0.5, 0.6) is 0 Å². The molecule has 2 aromatic rings. The van der Waals surface area contributed by atoms with Gasteiger partial charge in [0.25, 0.3) is 0 Å². The lowest BCUT2D eigenvalue weighted by Gasteiger charge is -2.16. The fourth-order valence-corrected chi connectivity index (χ4v) is 2.49. The first-order valence-corrected chi connectivity index (χ1v) is 6.69. The van der Waals surface area contributed by atoms with Crippen LogP contribution in [0.1, 0.15) is 17.2 Å². The van der Waals surface area contributed by atoms with Gasteiger partial charge in [0.05, 0.1) is 6.04 Å². The molecular formula is C14H13F2NS. The van der Waals surface area contributed by atoms with Crippen molar-refractivity contribution >= 4 is 11.8 Å². The molecule has 1 atom stereocenters. The van der Waals surface area contributed by atoms with E-state index in [4.69, 9.17) is 5.73 Å². The maximum atomic E-state index is 13.7. The predicted molar refractivity (Wildman–Crippen MR) is 70.6 cm³/mol. The van der Waals surface area contributed by atoms with Crippen molar-refractivity contribution in [1.29, 1.82) is 0 Å². The second kappa shape index (κ2) is 5.50. The molecule has 0 heterocycles.